The molecule has 1 aromatic heterocycles. The summed E-state index contributed by atoms with van der Waals surface area (Å²) in [5, 5.41) is 10.9. The maximum atomic E-state index is 11.9. The number of hydrogen-bond donors (Lipinski definition) is 1. The van der Waals surface area contributed by atoms with Crippen molar-refractivity contribution in [2.75, 3.05) is 0 Å². The molecule has 0 amide bonds. The summed E-state index contributed by atoms with van der Waals surface area (Å²) in [4.78, 5) is 35.0. The van der Waals surface area contributed by atoms with Crippen molar-refractivity contribution < 1.29 is 19.5 Å². The molecule has 0 bridgehead atoms. The van der Waals surface area contributed by atoms with Crippen LogP contribution in [-0.4, -0.2) is 22.6 Å². The van der Waals surface area contributed by atoms with Gasteiger partial charge in [0, 0.05) is 11.3 Å². The Morgan fingerprint density at radius 1 is 1.41 bits per heavy atom. The molecule has 0 spiro atoms. The Morgan fingerprint density at radius 3 is 2.41 bits per heavy atom. The van der Waals surface area contributed by atoms with E-state index in [4.69, 9.17) is 5.11 Å². The van der Waals surface area contributed by atoms with Crippen molar-refractivity contribution in [2.24, 2.45) is 5.92 Å². The van der Waals surface area contributed by atoms with E-state index in [9.17, 15) is 14.4 Å². The van der Waals surface area contributed by atoms with E-state index >= 15 is 0 Å². The number of thiophene rings is 1. The number of Topliss-reactive ketones (excluding diaryl/α,β-unsaturated/α-hetero) is 2. The van der Waals surface area contributed by atoms with Crippen LogP contribution < -0.4 is 0 Å². The predicted molar refractivity (Wildman–Crippen MR) is 64.2 cm³/mol. The van der Waals surface area contributed by atoms with E-state index in [1.54, 1.807) is 24.4 Å². The van der Waals surface area contributed by atoms with E-state index in [1.807, 2.05) is 0 Å². The van der Waals surface area contributed by atoms with Gasteiger partial charge in [0.2, 0.25) is 0 Å². The largest absolute Gasteiger partial charge is 0.481 e. The van der Waals surface area contributed by atoms with Gasteiger partial charge in [0.25, 0.3) is 0 Å². The number of carbonyl (C=O) groups is 3. The molecule has 0 aliphatic carbocycles. The number of rotatable bonds is 6. The minimum Gasteiger partial charge on any atom is -0.481 e. The van der Waals surface area contributed by atoms with E-state index < -0.39 is 23.6 Å². The summed E-state index contributed by atoms with van der Waals surface area (Å²) >= 11 is 1.30. The van der Waals surface area contributed by atoms with Gasteiger partial charge in [-0.3, -0.25) is 14.4 Å². The van der Waals surface area contributed by atoms with Crippen LogP contribution >= 0.6 is 11.3 Å². The van der Waals surface area contributed by atoms with Crippen LogP contribution in [0.25, 0.3) is 0 Å². The molecule has 2 atom stereocenters. The molecular weight excluding hydrogens is 240 g/mol. The lowest BCUT2D eigenvalue weighted by atomic mass is 9.84. The lowest BCUT2D eigenvalue weighted by Gasteiger charge is -2.19. The molecular formula is C12H14O4S. The molecule has 92 valence electrons. The second-order valence-electron chi connectivity index (χ2n) is 3.74. The Morgan fingerprint density at radius 2 is 2.06 bits per heavy atom. The van der Waals surface area contributed by atoms with Gasteiger partial charge >= 0.3 is 5.97 Å². The van der Waals surface area contributed by atoms with Crippen molar-refractivity contribution in [1.82, 2.24) is 0 Å². The molecule has 5 heteroatoms. The minimum atomic E-state index is -1.28. The molecule has 4 nitrogen and oxygen atoms in total. The van der Waals surface area contributed by atoms with E-state index in [0.717, 1.165) is 0 Å². The Balaban J connectivity index is 3.18. The zero-order valence-corrected chi connectivity index (χ0v) is 10.5. The molecule has 0 aromatic carbocycles. The number of carboxylic acids is 1. The first-order valence-corrected chi connectivity index (χ1v) is 6.16. The number of carbonyl (C=O) groups excluding carboxylic acids is 2. The van der Waals surface area contributed by atoms with E-state index in [-0.39, 0.29) is 12.2 Å². The highest BCUT2D eigenvalue weighted by molar-refractivity contribution is 7.10. The van der Waals surface area contributed by atoms with Gasteiger partial charge in [-0.2, -0.15) is 0 Å². The van der Waals surface area contributed by atoms with Crippen molar-refractivity contribution in [3.8, 4) is 0 Å². The summed E-state index contributed by atoms with van der Waals surface area (Å²) in [5.41, 5.74) is 0. The molecule has 0 aliphatic heterocycles. The van der Waals surface area contributed by atoms with Crippen molar-refractivity contribution >= 4 is 28.9 Å². The van der Waals surface area contributed by atoms with E-state index in [0.29, 0.717) is 4.88 Å². The van der Waals surface area contributed by atoms with Crippen molar-refractivity contribution in [1.29, 1.82) is 0 Å². The van der Waals surface area contributed by atoms with Crippen molar-refractivity contribution in [2.45, 2.75) is 26.2 Å². The fourth-order valence-electron chi connectivity index (χ4n) is 1.75. The van der Waals surface area contributed by atoms with Crippen LogP contribution in [0.3, 0.4) is 0 Å². The van der Waals surface area contributed by atoms with Gasteiger partial charge in [-0.1, -0.05) is 13.0 Å². The number of ketones is 2. The molecule has 1 N–H and O–H groups in total. The molecule has 0 saturated carbocycles. The standard InChI is InChI=1S/C12H14O4S/c1-3-8(14)11(9-5-4-6-17-9)10(7(2)13)12(15)16/h4-6,10-11H,3H2,1-2H3,(H,15,16). The highest BCUT2D eigenvalue weighted by atomic mass is 32.1. The fourth-order valence-corrected chi connectivity index (χ4v) is 2.63. The maximum absolute atomic E-state index is 11.9. The van der Waals surface area contributed by atoms with Crippen LogP contribution in [0, 0.1) is 5.92 Å². The highest BCUT2D eigenvalue weighted by Gasteiger charge is 2.37. The lowest BCUT2D eigenvalue weighted by molar-refractivity contribution is -0.149. The second-order valence-corrected chi connectivity index (χ2v) is 4.72. The SMILES string of the molecule is CCC(=O)C(c1cccs1)C(C(C)=O)C(=O)O. The maximum Gasteiger partial charge on any atom is 0.315 e. The van der Waals surface area contributed by atoms with Gasteiger partial charge in [-0.25, -0.2) is 0 Å². The smallest absolute Gasteiger partial charge is 0.315 e. The summed E-state index contributed by atoms with van der Waals surface area (Å²) in [6.45, 7) is 2.88. The first-order chi connectivity index (χ1) is 7.99. The van der Waals surface area contributed by atoms with Crippen LogP contribution in [0.15, 0.2) is 17.5 Å². The lowest BCUT2D eigenvalue weighted by Crippen LogP contribution is -2.32. The average Bonchev–Trinajstić information content (AvgIpc) is 2.76. The summed E-state index contributed by atoms with van der Waals surface area (Å²) < 4.78 is 0. The predicted octanol–water partition coefficient (Wildman–Crippen LogP) is 2.10. The second kappa shape index (κ2) is 5.72. The van der Waals surface area contributed by atoms with Gasteiger partial charge < -0.3 is 5.11 Å². The van der Waals surface area contributed by atoms with Crippen LogP contribution in [0.2, 0.25) is 0 Å². The summed E-state index contributed by atoms with van der Waals surface area (Å²) in [7, 11) is 0. The Bertz CT molecular complexity index is 408. The number of carboxylic acid groups (broad SMARTS) is 1. The quantitative estimate of drug-likeness (QED) is 0.789. The van der Waals surface area contributed by atoms with Gasteiger partial charge in [0.05, 0.1) is 5.92 Å². The molecule has 0 saturated heterocycles. The highest BCUT2D eigenvalue weighted by Crippen LogP contribution is 2.31. The van der Waals surface area contributed by atoms with E-state index in [2.05, 4.69) is 0 Å². The molecule has 1 heterocycles. The zero-order valence-electron chi connectivity index (χ0n) is 9.67. The fraction of sp³-hybridized carbons (Fsp3) is 0.417. The zero-order chi connectivity index (χ0) is 13.0. The average molecular weight is 254 g/mol. The molecule has 1 aromatic rings. The third-order valence-corrected chi connectivity index (χ3v) is 3.54. The molecule has 2 unspecified atom stereocenters. The molecule has 0 radical (unpaired) electrons. The number of aliphatic carboxylic acids is 1. The summed E-state index contributed by atoms with van der Waals surface area (Å²) in [5.74, 6) is -4.07. The van der Waals surface area contributed by atoms with Crippen LogP contribution in [0.4, 0.5) is 0 Å². The topological polar surface area (TPSA) is 71.4 Å². The molecule has 0 fully saturated rings. The van der Waals surface area contributed by atoms with Gasteiger partial charge in [0.1, 0.15) is 17.5 Å². The summed E-state index contributed by atoms with van der Waals surface area (Å²) in [6.07, 6.45) is 0.222. The van der Waals surface area contributed by atoms with E-state index in [1.165, 1.54) is 18.3 Å². The van der Waals surface area contributed by atoms with Gasteiger partial charge in [-0.15, -0.1) is 11.3 Å². The normalized spacial score (nSPS) is 14.0. The Hall–Kier alpha value is -1.49. The first kappa shape index (κ1) is 13.6. The molecule has 1 rings (SSSR count). The third kappa shape index (κ3) is 3.00. The minimum absolute atomic E-state index is 0.213. The van der Waals surface area contributed by atoms with Crippen molar-refractivity contribution in [3.63, 3.8) is 0 Å². The Labute approximate surface area is 103 Å². The molecule has 17 heavy (non-hydrogen) atoms. The third-order valence-electron chi connectivity index (χ3n) is 2.58. The van der Waals surface area contributed by atoms with Crippen molar-refractivity contribution in [3.05, 3.63) is 22.4 Å². The first-order valence-electron chi connectivity index (χ1n) is 5.28. The van der Waals surface area contributed by atoms with Crippen LogP contribution in [-0.2, 0) is 14.4 Å². The number of hydrogen-bond acceptors (Lipinski definition) is 4. The molecule has 0 aliphatic rings. The summed E-state index contributed by atoms with van der Waals surface area (Å²) in [6, 6.07) is 3.44. The van der Waals surface area contributed by atoms with Gasteiger partial charge in [-0.05, 0) is 18.4 Å². The van der Waals surface area contributed by atoms with Crippen LogP contribution in [0.5, 0.6) is 0 Å². The van der Waals surface area contributed by atoms with Crippen LogP contribution in [0.1, 0.15) is 31.1 Å². The van der Waals surface area contributed by atoms with Gasteiger partial charge in [0.15, 0.2) is 0 Å². The monoisotopic (exact) mass is 254 g/mol. The Kier molecular flexibility index (Phi) is 4.57.